The van der Waals surface area contributed by atoms with Crippen molar-refractivity contribution in [3.05, 3.63) is 25.3 Å². The van der Waals surface area contributed by atoms with E-state index in [0.29, 0.717) is 0 Å². The Bertz CT molecular complexity index is 403. The number of phosphoric acid groups is 1. The van der Waals surface area contributed by atoms with Crippen LogP contribution in [-0.2, 0) is 32.7 Å². The molecule has 10 heteroatoms. The van der Waals surface area contributed by atoms with Gasteiger partial charge in [-0.05, 0) is 0 Å². The molecule has 22 heavy (non-hydrogen) atoms. The lowest BCUT2D eigenvalue weighted by Gasteiger charge is -2.22. The minimum Gasteiger partial charge on any atom is -0.432 e. The van der Waals surface area contributed by atoms with E-state index >= 15 is 0 Å². The van der Waals surface area contributed by atoms with E-state index in [2.05, 4.69) is 31.7 Å². The van der Waals surface area contributed by atoms with E-state index in [1.807, 2.05) is 0 Å². The first-order valence-corrected chi connectivity index (χ1v) is 7.63. The van der Waals surface area contributed by atoms with E-state index in [9.17, 15) is 19.0 Å². The van der Waals surface area contributed by atoms with E-state index in [1.54, 1.807) is 13.8 Å². The van der Waals surface area contributed by atoms with Crippen LogP contribution in [0.3, 0.4) is 0 Å². The number of phosphoric ester groups is 1. The average molecular weight is 339 g/mol. The number of hydrogen-bond donors (Lipinski definition) is 2. The quantitative estimate of drug-likeness (QED) is 0.265. The molecule has 0 aromatic carbocycles. The van der Waals surface area contributed by atoms with Crippen molar-refractivity contribution in [2.45, 2.75) is 39.3 Å². The van der Waals surface area contributed by atoms with Gasteiger partial charge in [0.25, 0.3) is 0 Å². The summed E-state index contributed by atoms with van der Waals surface area (Å²) in [5.41, 5.74) is 0. The summed E-state index contributed by atoms with van der Waals surface area (Å²) in [6, 6.07) is 0. The van der Waals surface area contributed by atoms with Gasteiger partial charge in [-0.1, -0.05) is 27.0 Å². The van der Waals surface area contributed by atoms with Crippen LogP contribution in [0.4, 0.5) is 0 Å². The Morgan fingerprint density at radius 3 is 1.59 bits per heavy atom. The van der Waals surface area contributed by atoms with Gasteiger partial charge in [0.1, 0.15) is 0 Å². The van der Waals surface area contributed by atoms with Gasteiger partial charge in [0, 0.05) is 25.0 Å². The van der Waals surface area contributed by atoms with E-state index in [-0.39, 0.29) is 19.0 Å². The molecule has 0 amide bonds. The lowest BCUT2D eigenvalue weighted by atomic mass is 10.5. The van der Waals surface area contributed by atoms with Crippen LogP contribution in [0.15, 0.2) is 25.3 Å². The predicted octanol–water partition coefficient (Wildman–Crippen LogP) is 2.21. The van der Waals surface area contributed by atoms with E-state index in [1.165, 1.54) is 0 Å². The molecular weight excluding hydrogens is 317 g/mol. The van der Waals surface area contributed by atoms with Gasteiger partial charge in [-0.25, -0.2) is 23.2 Å². The fourth-order valence-corrected chi connectivity index (χ4v) is 2.06. The molecule has 0 aromatic rings. The van der Waals surface area contributed by atoms with Crippen molar-refractivity contribution < 1.29 is 37.6 Å². The lowest BCUT2D eigenvalue weighted by molar-refractivity contribution is -0.167. The van der Waals surface area contributed by atoms with Crippen LogP contribution in [0.2, 0.25) is 0 Å². The first-order valence-electron chi connectivity index (χ1n) is 6.13. The molecule has 0 spiro atoms. The third kappa shape index (κ3) is 9.43. The molecule has 0 aliphatic carbocycles. The number of carbonyl (C=O) groups excluding carboxylic acids is 2. The Morgan fingerprint density at radius 1 is 1.05 bits per heavy atom. The van der Waals surface area contributed by atoms with E-state index < -0.39 is 32.3 Å². The third-order valence-corrected chi connectivity index (χ3v) is 3.00. The Morgan fingerprint density at radius 2 is 1.36 bits per heavy atom. The Kier molecular flexibility index (Phi) is 11.5. The van der Waals surface area contributed by atoms with Crippen LogP contribution in [0.5, 0.6) is 0 Å². The Hall–Kier alpha value is -1.51. The number of ether oxygens (including phenoxy) is 2. The first kappa shape index (κ1) is 22.8. The summed E-state index contributed by atoms with van der Waals surface area (Å²) < 4.78 is 30.5. The van der Waals surface area contributed by atoms with Crippen molar-refractivity contribution in [2.24, 2.45) is 0 Å². The van der Waals surface area contributed by atoms with Crippen molar-refractivity contribution in [1.29, 1.82) is 0 Å². The van der Waals surface area contributed by atoms with Crippen LogP contribution in [0, 0.1) is 0 Å². The minimum atomic E-state index is -4.59. The molecule has 0 rings (SSSR count). The molecule has 0 saturated carbocycles. The molecular formula is C12H22NO8P. The van der Waals surface area contributed by atoms with E-state index in [0.717, 1.165) is 12.2 Å². The second-order valence-corrected chi connectivity index (χ2v) is 5.00. The van der Waals surface area contributed by atoms with Gasteiger partial charge >= 0.3 is 19.8 Å². The maximum absolute atomic E-state index is 11.8. The summed E-state index contributed by atoms with van der Waals surface area (Å²) in [5.74, 6) is -1.63. The predicted molar refractivity (Wildman–Crippen MR) is 77.8 cm³/mol. The van der Waals surface area contributed by atoms with Crippen LogP contribution < -0.4 is 6.15 Å². The van der Waals surface area contributed by atoms with Gasteiger partial charge in [0.15, 0.2) is 0 Å². The zero-order valence-electron chi connectivity index (χ0n) is 12.6. The number of esters is 2. The van der Waals surface area contributed by atoms with Gasteiger partial charge in [-0.2, -0.15) is 0 Å². The zero-order chi connectivity index (χ0) is 16.5. The van der Waals surface area contributed by atoms with Crippen molar-refractivity contribution in [2.75, 3.05) is 0 Å². The molecule has 128 valence electrons. The second kappa shape index (κ2) is 11.1. The van der Waals surface area contributed by atoms with Crippen LogP contribution in [0.1, 0.15) is 26.7 Å². The molecule has 0 saturated heterocycles. The topological polar surface area (TPSA) is 143 Å². The van der Waals surface area contributed by atoms with Gasteiger partial charge < -0.3 is 20.5 Å². The highest BCUT2D eigenvalue weighted by Gasteiger charge is 2.32. The van der Waals surface area contributed by atoms with Gasteiger partial charge in [0.05, 0.1) is 0 Å². The standard InChI is InChI=1S/C12H19O8P.H3N/c1-5-9(13)17-11(7-3)19-21(15,16)20-12(8-4)18-10(14)6-2;/h5-6,11-12H,1-2,7-8H2,3-4H3,(H,15,16);1H3. The largest absolute Gasteiger partial charge is 0.478 e. The highest BCUT2D eigenvalue weighted by molar-refractivity contribution is 7.47. The van der Waals surface area contributed by atoms with Gasteiger partial charge in [-0.3, -0.25) is 0 Å². The summed E-state index contributed by atoms with van der Waals surface area (Å²) in [5, 5.41) is 0. The van der Waals surface area contributed by atoms with Crippen molar-refractivity contribution in [3.8, 4) is 0 Å². The fraction of sp³-hybridized carbons (Fsp3) is 0.500. The minimum absolute atomic E-state index is 0. The average Bonchev–Trinajstić information content (AvgIpc) is 2.44. The molecule has 0 aliphatic heterocycles. The normalized spacial score (nSPS) is 15.4. The summed E-state index contributed by atoms with van der Waals surface area (Å²) in [6.45, 7) is 9.51. The molecule has 0 radical (unpaired) electrons. The first-order chi connectivity index (χ1) is 9.77. The SMILES string of the molecule is C=CC(=O)OC(CC)OP(=O)(O)OC(CC)OC(=O)C=C.N. The summed E-state index contributed by atoms with van der Waals surface area (Å²) in [4.78, 5) is 31.6. The number of rotatable bonds is 10. The monoisotopic (exact) mass is 339 g/mol. The van der Waals surface area contributed by atoms with E-state index in [4.69, 9.17) is 0 Å². The fourth-order valence-electron chi connectivity index (χ4n) is 1.04. The maximum atomic E-state index is 11.8. The number of carbonyl (C=O) groups is 2. The van der Waals surface area contributed by atoms with Crippen molar-refractivity contribution >= 4 is 19.8 Å². The molecule has 0 fully saturated rings. The highest BCUT2D eigenvalue weighted by Crippen LogP contribution is 2.47. The zero-order valence-corrected chi connectivity index (χ0v) is 13.5. The summed E-state index contributed by atoms with van der Waals surface area (Å²) in [6.07, 6.45) is -0.600. The molecule has 0 aromatic heterocycles. The maximum Gasteiger partial charge on any atom is 0.478 e. The smallest absolute Gasteiger partial charge is 0.432 e. The summed E-state index contributed by atoms with van der Waals surface area (Å²) in [7, 11) is -4.59. The molecule has 4 N–H and O–H groups in total. The molecule has 9 nitrogen and oxygen atoms in total. The molecule has 2 atom stereocenters. The third-order valence-electron chi connectivity index (χ3n) is 2.00. The molecule has 0 aliphatic rings. The number of hydrogen-bond acceptors (Lipinski definition) is 8. The lowest BCUT2D eigenvalue weighted by Crippen LogP contribution is -2.22. The van der Waals surface area contributed by atoms with Crippen LogP contribution in [-0.4, -0.2) is 29.4 Å². The van der Waals surface area contributed by atoms with Gasteiger partial charge in [0.2, 0.25) is 12.6 Å². The molecule has 0 bridgehead atoms. The van der Waals surface area contributed by atoms with Crippen LogP contribution in [0.25, 0.3) is 0 Å². The Balaban J connectivity index is 0. The molecule has 0 heterocycles. The van der Waals surface area contributed by atoms with Crippen molar-refractivity contribution in [1.82, 2.24) is 6.15 Å². The van der Waals surface area contributed by atoms with Crippen molar-refractivity contribution in [3.63, 3.8) is 0 Å². The highest BCUT2D eigenvalue weighted by atomic mass is 31.2. The second-order valence-electron chi connectivity index (χ2n) is 3.64. The van der Waals surface area contributed by atoms with Crippen LogP contribution >= 0.6 is 7.82 Å². The summed E-state index contributed by atoms with van der Waals surface area (Å²) >= 11 is 0. The Labute approximate surface area is 129 Å². The molecule has 2 unspecified atom stereocenters. The van der Waals surface area contributed by atoms with Gasteiger partial charge in [-0.15, -0.1) is 0 Å².